The molecule has 0 bridgehead atoms. The molecule has 0 aliphatic carbocycles. The average molecular weight is 455 g/mol. The van der Waals surface area contributed by atoms with Crippen molar-refractivity contribution >= 4 is 11.6 Å². The molecule has 0 saturated heterocycles. The summed E-state index contributed by atoms with van der Waals surface area (Å²) in [4.78, 5) is 0. The van der Waals surface area contributed by atoms with Gasteiger partial charge in [-0.25, -0.2) is 0 Å². The number of allylic oxidation sites excluding steroid dienone is 6. The number of hydrogen-bond acceptors (Lipinski definition) is 0. The third-order valence-corrected chi connectivity index (χ3v) is 1.86. The van der Waals surface area contributed by atoms with E-state index in [4.69, 9.17) is 11.6 Å². The molecule has 0 N–H and O–H groups in total. The van der Waals surface area contributed by atoms with Crippen LogP contribution in [0.25, 0.3) is 0 Å². The van der Waals surface area contributed by atoms with Gasteiger partial charge in [-0.1, -0.05) is 87.2 Å². The molecule has 0 aliphatic heterocycles. The first-order valence-corrected chi connectivity index (χ1v) is 11.3. The Balaban J connectivity index is -0.0000000331. The quantitative estimate of drug-likeness (QED) is 0.362. The van der Waals surface area contributed by atoms with Gasteiger partial charge >= 0.3 is 0 Å². The van der Waals surface area contributed by atoms with Crippen molar-refractivity contribution in [2.24, 2.45) is 0 Å². The fraction of sp³-hybridized carbons (Fsp3) is 0.467. The maximum Gasteiger partial charge on any atom is -0.00296 e. The average Bonchev–Trinajstić information content (AvgIpc) is 2.71. The molecule has 0 radical (unpaired) electrons. The van der Waals surface area contributed by atoms with Gasteiger partial charge in [-0.05, 0) is 65.8 Å². The standard InChI is InChI=1S/C6H12.C5H10.3C4H8.C3H6.C2H3Cl.C2H4/c1-4-5-6(2)3;1-4-5(2)3;1-4(2)3;2*1-3-4-2;1-3-2;1-2-3;1-2/h2,4-5H2,1,3H3;2,4H2,1,3H3;1H2,2-3H3;2*3H,1,4H2,2H3;3H,1H2,2H3;2H,1H2;1-2H2. The Morgan fingerprint density at radius 3 is 0.871 bits per heavy atom. The summed E-state index contributed by atoms with van der Waals surface area (Å²) in [7, 11) is 0. The second kappa shape index (κ2) is 79.5. The smallest absolute Gasteiger partial charge is 0.00296 e. The largest absolute Gasteiger partial charge is 0.106 e. The van der Waals surface area contributed by atoms with Crippen LogP contribution in [0.3, 0.4) is 0 Å². The lowest BCUT2D eigenvalue weighted by Gasteiger charge is -1.87. The van der Waals surface area contributed by atoms with Gasteiger partial charge in [0.15, 0.2) is 0 Å². The molecular formula is C30H59Cl. The normalized spacial score (nSPS) is 6.26. The predicted octanol–water partition coefficient (Wildman–Crippen LogP) is 12.4. The van der Waals surface area contributed by atoms with E-state index in [9.17, 15) is 0 Å². The van der Waals surface area contributed by atoms with Gasteiger partial charge in [-0.15, -0.1) is 52.6 Å². The SMILES string of the molecule is C=C.C=C(C)C.C=C(C)CC.C=C(C)CCC.C=CC.C=CCC.C=CCC.C=CCl. The Labute approximate surface area is 205 Å². The van der Waals surface area contributed by atoms with E-state index in [0.29, 0.717) is 0 Å². The van der Waals surface area contributed by atoms with Crippen LogP contribution < -0.4 is 0 Å². The van der Waals surface area contributed by atoms with Gasteiger partial charge in [0, 0.05) is 0 Å². The zero-order chi connectivity index (χ0) is 27.1. The van der Waals surface area contributed by atoms with Crippen molar-refractivity contribution in [1.82, 2.24) is 0 Å². The second-order valence-electron chi connectivity index (χ2n) is 6.18. The van der Waals surface area contributed by atoms with Gasteiger partial charge < -0.3 is 0 Å². The van der Waals surface area contributed by atoms with E-state index in [1.54, 1.807) is 6.08 Å². The van der Waals surface area contributed by atoms with Crippen LogP contribution in [0, 0.1) is 0 Å². The van der Waals surface area contributed by atoms with E-state index in [2.05, 4.69) is 93.8 Å². The lowest BCUT2D eigenvalue weighted by atomic mass is 10.2. The van der Waals surface area contributed by atoms with Gasteiger partial charge in [0.25, 0.3) is 0 Å². The molecular weight excluding hydrogens is 396 g/mol. The highest BCUT2D eigenvalue weighted by Gasteiger charge is 1.76. The summed E-state index contributed by atoms with van der Waals surface area (Å²) in [6.07, 6.45) is 11.2. The van der Waals surface area contributed by atoms with Crippen LogP contribution in [-0.4, -0.2) is 0 Å². The van der Waals surface area contributed by atoms with Crippen molar-refractivity contribution in [3.05, 3.63) is 99.7 Å². The Morgan fingerprint density at radius 1 is 0.710 bits per heavy atom. The van der Waals surface area contributed by atoms with Gasteiger partial charge in [-0.3, -0.25) is 0 Å². The number of halogens is 1. The number of rotatable bonds is 5. The van der Waals surface area contributed by atoms with Crippen LogP contribution in [0.4, 0.5) is 0 Å². The van der Waals surface area contributed by atoms with Gasteiger partial charge in [0.05, 0.1) is 0 Å². The highest BCUT2D eigenvalue weighted by Crippen LogP contribution is 1.96. The minimum Gasteiger partial charge on any atom is -0.106 e. The van der Waals surface area contributed by atoms with Crippen LogP contribution in [0.15, 0.2) is 99.7 Å². The third-order valence-electron chi connectivity index (χ3n) is 1.86. The topological polar surface area (TPSA) is 0 Å². The van der Waals surface area contributed by atoms with Crippen LogP contribution in [0.1, 0.15) is 94.4 Å². The molecule has 0 aromatic carbocycles. The van der Waals surface area contributed by atoms with Gasteiger partial charge in [-0.2, -0.15) is 0 Å². The molecule has 0 heterocycles. The summed E-state index contributed by atoms with van der Waals surface area (Å²) < 4.78 is 0. The van der Waals surface area contributed by atoms with Crippen LogP contribution in [0.2, 0.25) is 0 Å². The maximum atomic E-state index is 4.76. The summed E-state index contributed by atoms with van der Waals surface area (Å²) in [5.41, 5.74) is 4.93. The third kappa shape index (κ3) is 714. The highest BCUT2D eigenvalue weighted by molar-refractivity contribution is 6.25. The van der Waals surface area contributed by atoms with Crippen LogP contribution in [0.5, 0.6) is 0 Å². The van der Waals surface area contributed by atoms with Crippen LogP contribution >= 0.6 is 11.6 Å². The van der Waals surface area contributed by atoms with E-state index < -0.39 is 0 Å². The molecule has 0 nitrogen and oxygen atoms in total. The molecule has 186 valence electrons. The van der Waals surface area contributed by atoms with E-state index >= 15 is 0 Å². The molecule has 0 amide bonds. The molecule has 0 aromatic heterocycles. The van der Waals surface area contributed by atoms with Crippen LogP contribution in [-0.2, 0) is 0 Å². The minimum absolute atomic E-state index is 1.08. The maximum absolute atomic E-state index is 4.76. The molecule has 0 aromatic rings. The molecule has 0 saturated carbocycles. The summed E-state index contributed by atoms with van der Waals surface area (Å²) >= 11 is 4.76. The molecule has 0 fully saturated rings. The summed E-state index contributed by atoms with van der Waals surface area (Å²) in [6.45, 7) is 48.7. The Bertz CT molecular complexity index is 341. The van der Waals surface area contributed by atoms with E-state index in [1.165, 1.54) is 35.1 Å². The summed E-state index contributed by atoms with van der Waals surface area (Å²) in [5.74, 6) is 0. The molecule has 1 heteroatoms. The van der Waals surface area contributed by atoms with Crippen molar-refractivity contribution in [2.75, 3.05) is 0 Å². The summed E-state index contributed by atoms with van der Waals surface area (Å²) in [6, 6.07) is 0. The molecule has 0 spiro atoms. The first-order valence-electron chi connectivity index (χ1n) is 10.8. The Morgan fingerprint density at radius 2 is 0.871 bits per heavy atom. The van der Waals surface area contributed by atoms with Crippen molar-refractivity contribution in [2.45, 2.75) is 94.4 Å². The fourth-order valence-electron chi connectivity index (χ4n) is 0.427. The Hall–Kier alpha value is -1.79. The van der Waals surface area contributed by atoms with E-state index in [-0.39, 0.29) is 0 Å². The first-order chi connectivity index (χ1) is 14.4. The molecule has 0 rings (SSSR count). The summed E-state index contributed by atoms with van der Waals surface area (Å²) in [5, 5.41) is 0. The second-order valence-corrected chi connectivity index (χ2v) is 6.49. The van der Waals surface area contributed by atoms with Crippen molar-refractivity contribution in [1.29, 1.82) is 0 Å². The van der Waals surface area contributed by atoms with Crippen molar-refractivity contribution in [3.8, 4) is 0 Å². The zero-order valence-corrected chi connectivity index (χ0v) is 23.8. The lowest BCUT2D eigenvalue weighted by Crippen LogP contribution is -1.66. The monoisotopic (exact) mass is 454 g/mol. The Kier molecular flexibility index (Phi) is 132. The van der Waals surface area contributed by atoms with Gasteiger partial charge in [0.1, 0.15) is 0 Å². The lowest BCUT2D eigenvalue weighted by molar-refractivity contribution is 0.910. The minimum atomic E-state index is 1.08. The number of hydrogen-bond donors (Lipinski definition) is 0. The van der Waals surface area contributed by atoms with Crippen molar-refractivity contribution < 1.29 is 0 Å². The molecule has 0 aliphatic rings. The predicted molar refractivity (Wildman–Crippen MR) is 159 cm³/mol. The highest BCUT2D eigenvalue weighted by atomic mass is 35.5. The van der Waals surface area contributed by atoms with Gasteiger partial charge in [0.2, 0.25) is 0 Å². The molecule has 31 heavy (non-hydrogen) atoms. The van der Waals surface area contributed by atoms with E-state index in [1.807, 2.05) is 39.8 Å². The fourth-order valence-corrected chi connectivity index (χ4v) is 0.427. The van der Waals surface area contributed by atoms with Crippen molar-refractivity contribution in [3.63, 3.8) is 0 Å². The zero-order valence-electron chi connectivity index (χ0n) is 23.1. The van der Waals surface area contributed by atoms with E-state index in [0.717, 1.165) is 19.3 Å². The molecule has 0 unspecified atom stereocenters. The first kappa shape index (κ1) is 51.7. The molecule has 0 atom stereocenters.